The van der Waals surface area contributed by atoms with E-state index in [0.29, 0.717) is 0 Å². The van der Waals surface area contributed by atoms with Crippen LogP contribution in [-0.2, 0) is 14.3 Å². The third-order valence-corrected chi connectivity index (χ3v) is 2.06. The molecule has 15 heavy (non-hydrogen) atoms. The number of carbonyl (C=O) groups is 2. The Morgan fingerprint density at radius 1 is 1.67 bits per heavy atom. The second-order valence-corrected chi connectivity index (χ2v) is 3.37. The number of aliphatic hydroxyl groups excluding tert-OH is 1. The molecule has 1 aliphatic rings. The average Bonchev–Trinajstić information content (AvgIpc) is 2.12. The summed E-state index contributed by atoms with van der Waals surface area (Å²) in [6.07, 6.45) is 5.11. The minimum absolute atomic E-state index is 0.112. The molecular formula is C11H12O4. The van der Waals surface area contributed by atoms with Gasteiger partial charge in [-0.1, -0.05) is 0 Å². The monoisotopic (exact) mass is 208 g/mol. The van der Waals surface area contributed by atoms with E-state index in [4.69, 9.17) is 11.2 Å². The van der Waals surface area contributed by atoms with E-state index in [0.717, 1.165) is 0 Å². The topological polar surface area (TPSA) is 63.6 Å². The van der Waals surface area contributed by atoms with Gasteiger partial charge in [-0.3, -0.25) is 4.79 Å². The minimum atomic E-state index is -0.756. The lowest BCUT2D eigenvalue weighted by Gasteiger charge is -2.20. The van der Waals surface area contributed by atoms with E-state index in [9.17, 15) is 14.7 Å². The number of esters is 1. The molecule has 4 nitrogen and oxygen atoms in total. The molecule has 1 fully saturated rings. The molecule has 0 radical (unpaired) electrons. The van der Waals surface area contributed by atoms with Crippen molar-refractivity contribution in [3.05, 3.63) is 11.3 Å². The van der Waals surface area contributed by atoms with Crippen LogP contribution < -0.4 is 0 Å². The van der Waals surface area contributed by atoms with E-state index in [1.807, 2.05) is 0 Å². The lowest BCUT2D eigenvalue weighted by Crippen LogP contribution is -2.31. The first-order chi connectivity index (χ1) is 7.06. The van der Waals surface area contributed by atoms with E-state index in [1.54, 1.807) is 6.92 Å². The maximum absolute atomic E-state index is 11.4. The zero-order valence-electron chi connectivity index (χ0n) is 8.45. The van der Waals surface area contributed by atoms with Crippen LogP contribution in [0, 0.1) is 12.3 Å². The highest BCUT2D eigenvalue weighted by molar-refractivity contribution is 6.19. The first-order valence-corrected chi connectivity index (χ1v) is 4.66. The average molecular weight is 208 g/mol. The van der Waals surface area contributed by atoms with Gasteiger partial charge in [-0.15, -0.1) is 12.3 Å². The summed E-state index contributed by atoms with van der Waals surface area (Å²) in [6, 6.07) is 0. The van der Waals surface area contributed by atoms with Gasteiger partial charge in [0, 0.05) is 19.3 Å². The van der Waals surface area contributed by atoms with Crippen molar-refractivity contribution in [3.8, 4) is 12.3 Å². The molecule has 0 unspecified atom stereocenters. The van der Waals surface area contributed by atoms with E-state index in [1.165, 1.54) is 0 Å². The van der Waals surface area contributed by atoms with Gasteiger partial charge in [0.2, 0.25) is 0 Å². The predicted molar refractivity (Wildman–Crippen MR) is 52.9 cm³/mol. The number of carbonyl (C=O) groups excluding carboxylic acids is 2. The fourth-order valence-corrected chi connectivity index (χ4v) is 1.35. The number of rotatable bonds is 2. The molecule has 1 saturated heterocycles. The van der Waals surface area contributed by atoms with Gasteiger partial charge in [0.25, 0.3) is 0 Å². The van der Waals surface area contributed by atoms with Crippen LogP contribution in [0.5, 0.6) is 0 Å². The molecule has 1 rings (SSSR count). The van der Waals surface area contributed by atoms with Crippen LogP contribution in [-0.4, -0.2) is 23.0 Å². The standard InChI is InChI=1S/C11H12O4/c1-3-4-5-8(12)10-9(13)6-7(2)15-11(10)14/h1,7,12H,4-6H2,2H3/b10-8+/t7-/m1/s1. The number of ether oxygens (including phenoxy) is 1. The molecule has 1 atom stereocenters. The van der Waals surface area contributed by atoms with Crippen LogP contribution in [0.3, 0.4) is 0 Å². The molecule has 80 valence electrons. The third kappa shape index (κ3) is 2.59. The van der Waals surface area contributed by atoms with Gasteiger partial charge in [-0.2, -0.15) is 0 Å². The molecule has 0 spiro atoms. The van der Waals surface area contributed by atoms with E-state index in [-0.39, 0.29) is 36.4 Å². The molecule has 0 amide bonds. The molecule has 1 aliphatic heterocycles. The second-order valence-electron chi connectivity index (χ2n) is 3.37. The summed E-state index contributed by atoms with van der Waals surface area (Å²) in [6.45, 7) is 1.63. The Balaban J connectivity index is 2.88. The number of allylic oxidation sites excluding steroid dienone is 1. The highest BCUT2D eigenvalue weighted by Crippen LogP contribution is 2.20. The zero-order valence-corrected chi connectivity index (χ0v) is 8.45. The van der Waals surface area contributed by atoms with Crippen molar-refractivity contribution in [2.45, 2.75) is 32.3 Å². The van der Waals surface area contributed by atoms with Gasteiger partial charge in [-0.25, -0.2) is 4.79 Å². The number of Topliss-reactive ketones (excluding diaryl/α,β-unsaturated/α-hetero) is 1. The van der Waals surface area contributed by atoms with Crippen molar-refractivity contribution in [1.82, 2.24) is 0 Å². The highest BCUT2D eigenvalue weighted by atomic mass is 16.5. The van der Waals surface area contributed by atoms with Crippen LogP contribution >= 0.6 is 0 Å². The Morgan fingerprint density at radius 2 is 2.33 bits per heavy atom. The normalized spacial score (nSPS) is 24.4. The van der Waals surface area contributed by atoms with Crippen molar-refractivity contribution in [2.24, 2.45) is 0 Å². The molecule has 0 bridgehead atoms. The summed E-state index contributed by atoms with van der Waals surface area (Å²) in [5, 5.41) is 9.49. The molecule has 0 aromatic rings. The second kappa shape index (κ2) is 4.65. The van der Waals surface area contributed by atoms with Crippen LogP contribution in [0.15, 0.2) is 11.3 Å². The molecule has 1 N–H and O–H groups in total. The Kier molecular flexibility index (Phi) is 3.51. The summed E-state index contributed by atoms with van der Waals surface area (Å²) in [4.78, 5) is 22.8. The smallest absolute Gasteiger partial charge is 0.345 e. The predicted octanol–water partition coefficient (Wildman–Crippen LogP) is 1.12. The molecular weight excluding hydrogens is 196 g/mol. The summed E-state index contributed by atoms with van der Waals surface area (Å²) < 4.78 is 4.84. The van der Waals surface area contributed by atoms with Crippen LogP contribution in [0.1, 0.15) is 26.2 Å². The Hall–Kier alpha value is -1.76. The van der Waals surface area contributed by atoms with Crippen LogP contribution in [0.2, 0.25) is 0 Å². The number of cyclic esters (lactones) is 1. The fraction of sp³-hybridized carbons (Fsp3) is 0.455. The van der Waals surface area contributed by atoms with E-state index in [2.05, 4.69) is 5.92 Å². The van der Waals surface area contributed by atoms with Crippen molar-refractivity contribution >= 4 is 11.8 Å². The van der Waals surface area contributed by atoms with Gasteiger partial charge >= 0.3 is 5.97 Å². The summed E-state index contributed by atoms with van der Waals surface area (Å²) in [5.41, 5.74) is -0.247. The fourth-order valence-electron chi connectivity index (χ4n) is 1.35. The van der Waals surface area contributed by atoms with E-state index < -0.39 is 12.1 Å². The molecule has 0 saturated carbocycles. The first-order valence-electron chi connectivity index (χ1n) is 4.66. The maximum atomic E-state index is 11.4. The van der Waals surface area contributed by atoms with Gasteiger partial charge in [-0.05, 0) is 6.92 Å². The number of ketones is 1. The third-order valence-electron chi connectivity index (χ3n) is 2.06. The zero-order chi connectivity index (χ0) is 11.4. The van der Waals surface area contributed by atoms with Gasteiger partial charge in [0.15, 0.2) is 5.78 Å². The molecule has 4 heteroatoms. The van der Waals surface area contributed by atoms with Crippen LogP contribution in [0.4, 0.5) is 0 Å². The minimum Gasteiger partial charge on any atom is -0.511 e. The Morgan fingerprint density at radius 3 is 2.87 bits per heavy atom. The first kappa shape index (κ1) is 11.3. The maximum Gasteiger partial charge on any atom is 0.345 e. The molecule has 0 aromatic heterocycles. The summed E-state index contributed by atoms with van der Waals surface area (Å²) >= 11 is 0. The van der Waals surface area contributed by atoms with Gasteiger partial charge in [0.1, 0.15) is 17.4 Å². The number of hydrogen-bond acceptors (Lipinski definition) is 4. The molecule has 0 aromatic carbocycles. The van der Waals surface area contributed by atoms with Crippen molar-refractivity contribution in [1.29, 1.82) is 0 Å². The van der Waals surface area contributed by atoms with Crippen LogP contribution in [0.25, 0.3) is 0 Å². The summed E-state index contributed by atoms with van der Waals surface area (Å²) in [7, 11) is 0. The van der Waals surface area contributed by atoms with Crippen molar-refractivity contribution < 1.29 is 19.4 Å². The SMILES string of the molecule is C#CCC/C(O)=C1/C(=O)C[C@@H](C)OC1=O. The van der Waals surface area contributed by atoms with Crippen molar-refractivity contribution in [3.63, 3.8) is 0 Å². The molecule has 1 heterocycles. The van der Waals surface area contributed by atoms with E-state index >= 15 is 0 Å². The lowest BCUT2D eigenvalue weighted by molar-refractivity contribution is -0.150. The Bertz CT molecular complexity index is 339. The number of hydrogen-bond donors (Lipinski definition) is 1. The number of terminal acetylenes is 1. The van der Waals surface area contributed by atoms with Gasteiger partial charge in [0.05, 0.1) is 0 Å². The Labute approximate surface area is 87.9 Å². The quantitative estimate of drug-likeness (QED) is 0.243. The molecule has 0 aliphatic carbocycles. The summed E-state index contributed by atoms with van der Waals surface area (Å²) in [5.74, 6) is 0.912. The van der Waals surface area contributed by atoms with Gasteiger partial charge < -0.3 is 9.84 Å². The van der Waals surface area contributed by atoms with Crippen molar-refractivity contribution in [2.75, 3.05) is 0 Å². The highest BCUT2D eigenvalue weighted by Gasteiger charge is 2.32. The number of aliphatic hydroxyl groups is 1. The lowest BCUT2D eigenvalue weighted by atomic mass is 10.00. The largest absolute Gasteiger partial charge is 0.511 e.